The fourth-order valence-electron chi connectivity index (χ4n) is 1.41. The number of carbonyl (C=O) groups excluding carboxylic acids is 1. The van der Waals surface area contributed by atoms with Crippen LogP contribution in [0.4, 0.5) is 11.4 Å². The quantitative estimate of drug-likeness (QED) is 0.643. The minimum atomic E-state index is -0.516. The number of rotatable bonds is 4. The maximum atomic E-state index is 11.7. The predicted molar refractivity (Wildman–Crippen MR) is 68.4 cm³/mol. The average molecular weight is 252 g/mol. The first kappa shape index (κ1) is 13.9. The van der Waals surface area contributed by atoms with Gasteiger partial charge in [0.05, 0.1) is 4.92 Å². The minimum absolute atomic E-state index is 0.128. The van der Waals surface area contributed by atoms with Crippen LogP contribution < -0.4 is 5.43 Å². The minimum Gasteiger partial charge on any atom is -0.345 e. The number of nitrogens with one attached hydrogen (secondary N) is 1. The number of benzene rings is 1. The third-order valence-corrected chi connectivity index (χ3v) is 2.19. The van der Waals surface area contributed by atoms with Crippen molar-refractivity contribution in [3.8, 4) is 0 Å². The third-order valence-electron chi connectivity index (χ3n) is 2.19. The number of nitrogens with zero attached hydrogens (tertiary/aromatic N) is 3. The van der Waals surface area contributed by atoms with Crippen LogP contribution in [0.5, 0.6) is 0 Å². The lowest BCUT2D eigenvalue weighted by molar-refractivity contribution is -0.384. The Labute approximate surface area is 105 Å². The average Bonchev–Trinajstić information content (AvgIpc) is 2.27. The molecule has 1 aromatic carbocycles. The molecule has 0 saturated carbocycles. The summed E-state index contributed by atoms with van der Waals surface area (Å²) < 4.78 is 0. The Kier molecular flexibility index (Phi) is 4.22. The van der Waals surface area contributed by atoms with Gasteiger partial charge in [-0.3, -0.25) is 14.9 Å². The van der Waals surface area contributed by atoms with Crippen LogP contribution in [0.3, 0.4) is 0 Å². The molecule has 0 radical (unpaired) electrons. The molecular formula is C11H16N4O3. The topological polar surface area (TPSA) is 78.7 Å². The van der Waals surface area contributed by atoms with Crippen molar-refractivity contribution in [2.24, 2.45) is 0 Å². The standard InChI is InChI=1S/C11H16N4O3/c1-13(2)11(16)8-5-6-9(12-14(3)4)10(7-8)15(17)18/h5-7,12H,1-4H3. The number of hydrogen-bond donors (Lipinski definition) is 1. The Bertz CT molecular complexity index is 471. The molecule has 0 aliphatic heterocycles. The molecule has 18 heavy (non-hydrogen) atoms. The van der Waals surface area contributed by atoms with Gasteiger partial charge in [0, 0.05) is 39.8 Å². The van der Waals surface area contributed by atoms with Crippen LogP contribution in [0.25, 0.3) is 0 Å². The van der Waals surface area contributed by atoms with Gasteiger partial charge in [0.25, 0.3) is 11.6 Å². The second-order valence-electron chi connectivity index (χ2n) is 4.19. The highest BCUT2D eigenvalue weighted by atomic mass is 16.6. The first-order valence-electron chi connectivity index (χ1n) is 5.27. The van der Waals surface area contributed by atoms with E-state index in [1.807, 2.05) is 0 Å². The van der Waals surface area contributed by atoms with Gasteiger partial charge in [-0.15, -0.1) is 0 Å². The largest absolute Gasteiger partial charge is 0.345 e. The molecule has 0 unspecified atom stereocenters. The summed E-state index contributed by atoms with van der Waals surface area (Å²) in [5.74, 6) is -0.269. The predicted octanol–water partition coefficient (Wildman–Crippen LogP) is 1.19. The summed E-state index contributed by atoms with van der Waals surface area (Å²) in [6, 6.07) is 4.35. The van der Waals surface area contributed by atoms with E-state index >= 15 is 0 Å². The van der Waals surface area contributed by atoms with E-state index in [0.29, 0.717) is 5.69 Å². The van der Waals surface area contributed by atoms with Crippen molar-refractivity contribution in [1.82, 2.24) is 9.91 Å². The molecule has 1 rings (SSSR count). The van der Waals surface area contributed by atoms with Gasteiger partial charge in [-0.25, -0.2) is 5.01 Å². The van der Waals surface area contributed by atoms with E-state index in [0.717, 1.165) is 0 Å². The van der Waals surface area contributed by atoms with Crippen LogP contribution in [-0.4, -0.2) is 48.9 Å². The molecule has 1 N–H and O–H groups in total. The monoisotopic (exact) mass is 252 g/mol. The molecule has 0 aliphatic rings. The van der Waals surface area contributed by atoms with Crippen molar-refractivity contribution in [3.63, 3.8) is 0 Å². The summed E-state index contributed by atoms with van der Waals surface area (Å²) in [6.45, 7) is 0. The molecule has 1 amide bonds. The molecule has 0 aliphatic carbocycles. The van der Waals surface area contributed by atoms with Gasteiger partial charge >= 0.3 is 0 Å². The van der Waals surface area contributed by atoms with Gasteiger partial charge in [0.2, 0.25) is 0 Å². The summed E-state index contributed by atoms with van der Waals surface area (Å²) in [5, 5.41) is 12.6. The summed E-state index contributed by atoms with van der Waals surface area (Å²) >= 11 is 0. The lowest BCUT2D eigenvalue weighted by Gasteiger charge is -2.15. The van der Waals surface area contributed by atoms with Crippen LogP contribution in [0.2, 0.25) is 0 Å². The van der Waals surface area contributed by atoms with E-state index in [9.17, 15) is 14.9 Å². The van der Waals surface area contributed by atoms with Gasteiger partial charge in [0.15, 0.2) is 0 Å². The molecule has 0 atom stereocenters. The number of anilines is 1. The van der Waals surface area contributed by atoms with Gasteiger partial charge < -0.3 is 10.3 Å². The fourth-order valence-corrected chi connectivity index (χ4v) is 1.41. The zero-order chi connectivity index (χ0) is 13.9. The lowest BCUT2D eigenvalue weighted by Crippen LogP contribution is -2.23. The number of amides is 1. The molecule has 0 aromatic heterocycles. The van der Waals surface area contributed by atoms with E-state index in [-0.39, 0.29) is 17.2 Å². The molecule has 0 fully saturated rings. The number of nitro benzene ring substituents is 1. The summed E-state index contributed by atoms with van der Waals surface area (Å²) in [6.07, 6.45) is 0. The summed E-state index contributed by atoms with van der Waals surface area (Å²) in [5.41, 5.74) is 3.32. The van der Waals surface area contributed by atoms with Crippen molar-refractivity contribution < 1.29 is 9.72 Å². The first-order valence-corrected chi connectivity index (χ1v) is 5.27. The van der Waals surface area contributed by atoms with E-state index in [1.165, 1.54) is 17.0 Å². The molecule has 7 heteroatoms. The highest BCUT2D eigenvalue weighted by Gasteiger charge is 2.18. The van der Waals surface area contributed by atoms with Crippen LogP contribution >= 0.6 is 0 Å². The third kappa shape index (κ3) is 3.17. The molecule has 1 aromatic rings. The van der Waals surface area contributed by atoms with Crippen molar-refractivity contribution in [2.75, 3.05) is 33.6 Å². The van der Waals surface area contributed by atoms with Crippen LogP contribution in [-0.2, 0) is 0 Å². The van der Waals surface area contributed by atoms with Crippen LogP contribution in [0, 0.1) is 10.1 Å². The number of nitro groups is 1. The Morgan fingerprint density at radius 2 is 1.89 bits per heavy atom. The highest BCUT2D eigenvalue weighted by molar-refractivity contribution is 5.95. The molecule has 0 spiro atoms. The van der Waals surface area contributed by atoms with Crippen LogP contribution in [0.1, 0.15) is 10.4 Å². The van der Waals surface area contributed by atoms with E-state index in [1.54, 1.807) is 39.3 Å². The van der Waals surface area contributed by atoms with Gasteiger partial charge in [0.1, 0.15) is 5.69 Å². The SMILES string of the molecule is CN(C)Nc1ccc(C(=O)N(C)C)cc1[N+](=O)[O-]. The smallest absolute Gasteiger partial charge is 0.294 e. The number of hydrogen-bond acceptors (Lipinski definition) is 5. The first-order chi connectivity index (χ1) is 8.32. The number of carbonyl (C=O) groups is 1. The number of hydrazine groups is 1. The Morgan fingerprint density at radius 3 is 2.33 bits per heavy atom. The maximum absolute atomic E-state index is 11.7. The Balaban J connectivity index is 3.19. The molecular weight excluding hydrogens is 236 g/mol. The van der Waals surface area contributed by atoms with E-state index in [2.05, 4.69) is 5.43 Å². The molecule has 98 valence electrons. The van der Waals surface area contributed by atoms with Gasteiger partial charge in [-0.05, 0) is 12.1 Å². The van der Waals surface area contributed by atoms with Gasteiger partial charge in [-0.2, -0.15) is 0 Å². The molecule has 7 nitrogen and oxygen atoms in total. The fraction of sp³-hybridized carbons (Fsp3) is 0.364. The van der Waals surface area contributed by atoms with Crippen molar-refractivity contribution in [3.05, 3.63) is 33.9 Å². The van der Waals surface area contributed by atoms with Gasteiger partial charge in [-0.1, -0.05) is 0 Å². The molecule has 0 heterocycles. The normalized spacial score (nSPS) is 10.3. The maximum Gasteiger partial charge on any atom is 0.294 e. The summed E-state index contributed by atoms with van der Waals surface area (Å²) in [4.78, 5) is 23.6. The van der Waals surface area contributed by atoms with E-state index in [4.69, 9.17) is 0 Å². The van der Waals surface area contributed by atoms with Crippen LogP contribution in [0.15, 0.2) is 18.2 Å². The Morgan fingerprint density at radius 1 is 1.28 bits per heavy atom. The zero-order valence-electron chi connectivity index (χ0n) is 10.8. The second-order valence-corrected chi connectivity index (χ2v) is 4.19. The lowest BCUT2D eigenvalue weighted by atomic mass is 10.1. The zero-order valence-corrected chi connectivity index (χ0v) is 10.8. The van der Waals surface area contributed by atoms with E-state index < -0.39 is 4.92 Å². The highest BCUT2D eigenvalue weighted by Crippen LogP contribution is 2.26. The van der Waals surface area contributed by atoms with Crippen molar-refractivity contribution in [2.45, 2.75) is 0 Å². The molecule has 0 bridgehead atoms. The van der Waals surface area contributed by atoms with Crippen molar-refractivity contribution >= 4 is 17.3 Å². The second kappa shape index (κ2) is 5.46. The Hall–Kier alpha value is -2.15. The van der Waals surface area contributed by atoms with Crippen molar-refractivity contribution in [1.29, 1.82) is 0 Å². The molecule has 0 saturated heterocycles. The summed E-state index contributed by atoms with van der Waals surface area (Å²) in [7, 11) is 6.64.